The molecule has 0 unspecified atom stereocenters. The predicted octanol–water partition coefficient (Wildman–Crippen LogP) is 3.57. The molecule has 0 bridgehead atoms. The molecular weight excluding hydrogens is 296 g/mol. The van der Waals surface area contributed by atoms with Gasteiger partial charge in [0.2, 0.25) is 0 Å². The molecule has 0 aliphatic rings. The number of amides is 2. The van der Waals surface area contributed by atoms with E-state index < -0.39 is 6.10 Å². The lowest BCUT2D eigenvalue weighted by Gasteiger charge is -2.14. The average Bonchev–Trinajstić information content (AvgIpc) is 2.55. The molecule has 0 spiro atoms. The molecule has 1 atom stereocenters. The van der Waals surface area contributed by atoms with Gasteiger partial charge in [-0.1, -0.05) is 30.3 Å². The molecule has 0 aliphatic carbocycles. The summed E-state index contributed by atoms with van der Waals surface area (Å²) >= 11 is 1.65. The fraction of sp³-hybridized carbons (Fsp3) is 0.235. The van der Waals surface area contributed by atoms with Crippen LogP contribution in [0.1, 0.15) is 17.2 Å². The Balaban J connectivity index is 1.86. The van der Waals surface area contributed by atoms with Gasteiger partial charge in [-0.25, -0.2) is 4.79 Å². The highest BCUT2D eigenvalue weighted by molar-refractivity contribution is 7.98. The van der Waals surface area contributed by atoms with Crippen LogP contribution < -0.4 is 10.6 Å². The Morgan fingerprint density at radius 3 is 2.50 bits per heavy atom. The molecule has 3 N–H and O–H groups in total. The normalized spacial score (nSPS) is 11.8. The van der Waals surface area contributed by atoms with Gasteiger partial charge >= 0.3 is 6.03 Å². The first-order valence-corrected chi connectivity index (χ1v) is 8.25. The second kappa shape index (κ2) is 7.87. The van der Waals surface area contributed by atoms with E-state index in [2.05, 4.69) is 10.6 Å². The molecule has 5 heteroatoms. The smallest absolute Gasteiger partial charge is 0.319 e. The molecule has 0 heterocycles. The summed E-state index contributed by atoms with van der Waals surface area (Å²) in [6.07, 6.45) is 1.28. The van der Waals surface area contributed by atoms with E-state index in [1.165, 1.54) is 0 Å². The number of benzene rings is 2. The first-order chi connectivity index (χ1) is 10.6. The number of carbonyl (C=O) groups excluding carboxylic acids is 1. The Labute approximate surface area is 134 Å². The van der Waals surface area contributed by atoms with Crippen LogP contribution in [0.3, 0.4) is 0 Å². The van der Waals surface area contributed by atoms with Gasteiger partial charge in [-0.2, -0.15) is 0 Å². The van der Waals surface area contributed by atoms with Crippen LogP contribution in [0.5, 0.6) is 0 Å². The van der Waals surface area contributed by atoms with Crippen molar-refractivity contribution in [3.05, 3.63) is 59.7 Å². The van der Waals surface area contributed by atoms with E-state index in [0.29, 0.717) is 0 Å². The lowest BCUT2D eigenvalue weighted by atomic mass is 10.1. The zero-order valence-electron chi connectivity index (χ0n) is 12.7. The number of thioether (sulfide) groups is 1. The molecule has 22 heavy (non-hydrogen) atoms. The molecule has 2 amide bonds. The van der Waals surface area contributed by atoms with E-state index in [1.807, 2.05) is 61.7 Å². The number of aliphatic hydroxyl groups is 1. The summed E-state index contributed by atoms with van der Waals surface area (Å²) in [4.78, 5) is 13.0. The van der Waals surface area contributed by atoms with Gasteiger partial charge in [-0.05, 0) is 42.5 Å². The van der Waals surface area contributed by atoms with Crippen LogP contribution in [0.15, 0.2) is 53.4 Å². The zero-order chi connectivity index (χ0) is 15.9. The van der Waals surface area contributed by atoms with Gasteiger partial charge in [0.15, 0.2) is 0 Å². The van der Waals surface area contributed by atoms with E-state index in [0.717, 1.165) is 21.7 Å². The minimum absolute atomic E-state index is 0.163. The molecule has 0 radical (unpaired) electrons. The molecule has 2 aromatic carbocycles. The van der Waals surface area contributed by atoms with Gasteiger partial charge in [0, 0.05) is 17.1 Å². The first kappa shape index (κ1) is 16.4. The Bertz CT molecular complexity index is 629. The summed E-state index contributed by atoms with van der Waals surface area (Å²) in [6.45, 7) is 2.09. The molecule has 4 nitrogen and oxygen atoms in total. The molecule has 2 rings (SSSR count). The van der Waals surface area contributed by atoms with Crippen LogP contribution in [0.4, 0.5) is 10.5 Å². The quantitative estimate of drug-likeness (QED) is 0.739. The Hall–Kier alpha value is -1.98. The third-order valence-electron chi connectivity index (χ3n) is 3.35. The number of aryl methyl sites for hydroxylation is 1. The van der Waals surface area contributed by atoms with Gasteiger partial charge in [0.25, 0.3) is 0 Å². The minimum Gasteiger partial charge on any atom is -0.387 e. The maximum absolute atomic E-state index is 11.9. The number of urea groups is 1. The lowest BCUT2D eigenvalue weighted by molar-refractivity contribution is 0.175. The Kier molecular flexibility index (Phi) is 5.86. The second-order valence-corrected chi connectivity index (χ2v) is 5.82. The fourth-order valence-corrected chi connectivity index (χ4v) is 2.42. The van der Waals surface area contributed by atoms with Crippen LogP contribution in [0.2, 0.25) is 0 Å². The van der Waals surface area contributed by atoms with Crippen molar-refractivity contribution in [3.63, 3.8) is 0 Å². The van der Waals surface area contributed by atoms with Crippen LogP contribution >= 0.6 is 11.8 Å². The number of aliphatic hydroxyl groups excluding tert-OH is 1. The van der Waals surface area contributed by atoms with Crippen molar-refractivity contribution < 1.29 is 9.90 Å². The average molecular weight is 316 g/mol. The summed E-state index contributed by atoms with van der Waals surface area (Å²) < 4.78 is 0. The summed E-state index contributed by atoms with van der Waals surface area (Å²) in [5.41, 5.74) is 2.54. The topological polar surface area (TPSA) is 61.4 Å². The van der Waals surface area contributed by atoms with Crippen LogP contribution in [0.25, 0.3) is 0 Å². The summed E-state index contributed by atoms with van der Waals surface area (Å²) in [5.74, 6) is 0. The lowest BCUT2D eigenvalue weighted by Crippen LogP contribution is -2.32. The van der Waals surface area contributed by atoms with Crippen LogP contribution in [0, 0.1) is 6.92 Å². The van der Waals surface area contributed by atoms with Crippen molar-refractivity contribution in [2.75, 3.05) is 18.1 Å². The van der Waals surface area contributed by atoms with E-state index in [1.54, 1.807) is 11.8 Å². The number of para-hydroxylation sites is 1. The van der Waals surface area contributed by atoms with Crippen molar-refractivity contribution in [3.8, 4) is 0 Å². The van der Waals surface area contributed by atoms with E-state index in [4.69, 9.17) is 0 Å². The molecular formula is C17H20N2O2S. The van der Waals surface area contributed by atoms with Crippen molar-refractivity contribution in [1.29, 1.82) is 0 Å². The van der Waals surface area contributed by atoms with E-state index >= 15 is 0 Å². The number of nitrogens with one attached hydrogen (secondary N) is 2. The fourth-order valence-electron chi connectivity index (χ4n) is 2.01. The first-order valence-electron chi connectivity index (χ1n) is 7.02. The highest BCUT2D eigenvalue weighted by Gasteiger charge is 2.10. The minimum atomic E-state index is -0.724. The molecule has 2 aromatic rings. The zero-order valence-corrected chi connectivity index (χ0v) is 13.5. The van der Waals surface area contributed by atoms with Gasteiger partial charge in [-0.15, -0.1) is 11.8 Å². The Morgan fingerprint density at radius 2 is 1.86 bits per heavy atom. The molecule has 0 saturated carbocycles. The molecule has 0 aromatic heterocycles. The third kappa shape index (κ3) is 4.51. The predicted molar refractivity (Wildman–Crippen MR) is 91.4 cm³/mol. The number of rotatable bonds is 5. The summed E-state index contributed by atoms with van der Waals surface area (Å²) in [5, 5.41) is 15.6. The van der Waals surface area contributed by atoms with Gasteiger partial charge in [0.1, 0.15) is 0 Å². The van der Waals surface area contributed by atoms with Gasteiger partial charge in [-0.3, -0.25) is 0 Å². The van der Waals surface area contributed by atoms with Crippen molar-refractivity contribution in [2.24, 2.45) is 0 Å². The number of hydrogen-bond donors (Lipinski definition) is 3. The third-order valence-corrected chi connectivity index (χ3v) is 4.09. The van der Waals surface area contributed by atoms with E-state index in [9.17, 15) is 9.90 Å². The largest absolute Gasteiger partial charge is 0.387 e. The summed E-state index contributed by atoms with van der Waals surface area (Å²) in [6, 6.07) is 14.9. The maximum atomic E-state index is 11.9. The van der Waals surface area contributed by atoms with Crippen molar-refractivity contribution in [1.82, 2.24) is 5.32 Å². The number of anilines is 1. The van der Waals surface area contributed by atoms with Crippen LogP contribution in [-0.2, 0) is 0 Å². The summed E-state index contributed by atoms with van der Waals surface area (Å²) in [7, 11) is 0. The SMILES string of the molecule is CSc1ccc([C@@H](O)CNC(=O)Nc2ccccc2C)cc1. The van der Waals surface area contributed by atoms with Crippen molar-refractivity contribution >= 4 is 23.5 Å². The molecule has 116 valence electrons. The second-order valence-electron chi connectivity index (χ2n) is 4.94. The van der Waals surface area contributed by atoms with Gasteiger partial charge < -0.3 is 15.7 Å². The molecule has 0 aliphatic heterocycles. The number of hydrogen-bond acceptors (Lipinski definition) is 3. The number of carbonyl (C=O) groups is 1. The standard InChI is InChI=1S/C17H20N2O2S/c1-12-5-3-4-6-15(12)19-17(21)18-11-16(20)13-7-9-14(22-2)10-8-13/h3-10,16,20H,11H2,1-2H3,(H2,18,19,21)/t16-/m0/s1. The Morgan fingerprint density at radius 1 is 1.18 bits per heavy atom. The molecule has 0 fully saturated rings. The maximum Gasteiger partial charge on any atom is 0.319 e. The van der Waals surface area contributed by atoms with E-state index in [-0.39, 0.29) is 12.6 Å². The molecule has 0 saturated heterocycles. The van der Waals surface area contributed by atoms with Crippen LogP contribution in [-0.4, -0.2) is 23.9 Å². The monoisotopic (exact) mass is 316 g/mol. The van der Waals surface area contributed by atoms with Gasteiger partial charge in [0.05, 0.1) is 6.10 Å². The van der Waals surface area contributed by atoms with Crippen molar-refractivity contribution in [2.45, 2.75) is 17.9 Å². The highest BCUT2D eigenvalue weighted by Crippen LogP contribution is 2.19. The highest BCUT2D eigenvalue weighted by atomic mass is 32.2.